The molecule has 2 amide bonds. The van der Waals surface area contributed by atoms with Crippen molar-refractivity contribution in [1.82, 2.24) is 19.4 Å². The average Bonchev–Trinajstić information content (AvgIpc) is 2.86. The number of amides is 2. The molecule has 178 valence electrons. The van der Waals surface area contributed by atoms with Gasteiger partial charge in [0.15, 0.2) is 5.69 Å². The second kappa shape index (κ2) is 9.74. The maximum atomic E-state index is 12.8. The van der Waals surface area contributed by atoms with Crippen molar-refractivity contribution in [2.24, 2.45) is 0 Å². The van der Waals surface area contributed by atoms with Gasteiger partial charge in [0.1, 0.15) is 6.54 Å². The lowest BCUT2D eigenvalue weighted by Crippen LogP contribution is -2.35. The van der Waals surface area contributed by atoms with Crippen LogP contribution >= 0.6 is 0 Å². The van der Waals surface area contributed by atoms with Gasteiger partial charge < -0.3 is 10.6 Å². The molecule has 1 aliphatic heterocycles. The molecule has 1 aliphatic rings. The molecule has 0 aliphatic carbocycles. The third-order valence-corrected chi connectivity index (χ3v) is 7.61. The first-order valence-electron chi connectivity index (χ1n) is 10.9. The zero-order valence-corrected chi connectivity index (χ0v) is 19.5. The van der Waals surface area contributed by atoms with Gasteiger partial charge in [0.2, 0.25) is 15.9 Å². The van der Waals surface area contributed by atoms with Gasteiger partial charge in [0.25, 0.3) is 11.5 Å². The third-order valence-electron chi connectivity index (χ3n) is 5.69. The molecule has 0 unspecified atom stereocenters. The number of benzene rings is 2. The van der Waals surface area contributed by atoms with Crippen molar-refractivity contribution < 1.29 is 18.0 Å². The van der Waals surface area contributed by atoms with E-state index in [1.165, 1.54) is 35.6 Å². The molecule has 0 radical (unpaired) electrons. The highest BCUT2D eigenvalue weighted by molar-refractivity contribution is 7.89. The molecule has 0 atom stereocenters. The Kier molecular flexibility index (Phi) is 6.75. The Morgan fingerprint density at radius 1 is 0.971 bits per heavy atom. The molecule has 1 fully saturated rings. The minimum atomic E-state index is -3.57. The molecule has 0 bridgehead atoms. The highest BCUT2D eigenvalue weighted by atomic mass is 32.2. The molecule has 0 spiro atoms. The Balaban J connectivity index is 1.52. The fraction of sp³-hybridized carbons (Fsp3) is 0.304. The first kappa shape index (κ1) is 23.6. The molecule has 10 nitrogen and oxygen atoms in total. The van der Waals surface area contributed by atoms with Crippen LogP contribution in [-0.2, 0) is 21.4 Å². The normalized spacial score (nSPS) is 14.6. The number of carbonyl (C=O) groups excluding carboxylic acids is 2. The summed E-state index contributed by atoms with van der Waals surface area (Å²) < 4.78 is 28.0. The zero-order chi connectivity index (χ0) is 24.3. The quantitative estimate of drug-likeness (QED) is 0.547. The van der Waals surface area contributed by atoms with Gasteiger partial charge in [-0.3, -0.25) is 14.4 Å². The van der Waals surface area contributed by atoms with Crippen LogP contribution in [0.25, 0.3) is 10.8 Å². The fourth-order valence-electron chi connectivity index (χ4n) is 3.93. The number of hydrogen-bond acceptors (Lipinski definition) is 6. The van der Waals surface area contributed by atoms with Crippen LogP contribution in [0.3, 0.4) is 0 Å². The summed E-state index contributed by atoms with van der Waals surface area (Å²) in [5.74, 6) is -1.02. The van der Waals surface area contributed by atoms with E-state index in [0.29, 0.717) is 24.2 Å². The van der Waals surface area contributed by atoms with Crippen molar-refractivity contribution in [3.05, 3.63) is 64.6 Å². The standard InChI is InChI=1S/C23H25N5O5S/c1-24-22(30)21-18-7-3-4-8-19(18)23(31)28(26-21)15-20(29)25-16-9-11-17(12-10-16)34(32,33)27-13-5-2-6-14-27/h3-4,7-12H,2,5-6,13-15H2,1H3,(H,24,30)(H,25,29). The number of sulfonamides is 1. The van der Waals surface area contributed by atoms with Crippen LogP contribution in [0.5, 0.6) is 0 Å². The van der Waals surface area contributed by atoms with Crippen molar-refractivity contribution in [3.63, 3.8) is 0 Å². The molecule has 1 aromatic heterocycles. The predicted octanol–water partition coefficient (Wildman–Crippen LogP) is 1.57. The maximum Gasteiger partial charge on any atom is 0.275 e. The van der Waals surface area contributed by atoms with Gasteiger partial charge >= 0.3 is 0 Å². The summed E-state index contributed by atoms with van der Waals surface area (Å²) in [6.07, 6.45) is 2.71. The van der Waals surface area contributed by atoms with Gasteiger partial charge in [-0.25, -0.2) is 13.1 Å². The number of anilines is 1. The Bertz CT molecular complexity index is 1390. The van der Waals surface area contributed by atoms with Crippen molar-refractivity contribution in [2.45, 2.75) is 30.7 Å². The minimum Gasteiger partial charge on any atom is -0.354 e. The largest absolute Gasteiger partial charge is 0.354 e. The first-order valence-corrected chi connectivity index (χ1v) is 12.4. The maximum absolute atomic E-state index is 12.8. The molecule has 1 saturated heterocycles. The molecule has 11 heteroatoms. The highest BCUT2D eigenvalue weighted by Gasteiger charge is 2.25. The van der Waals surface area contributed by atoms with Gasteiger partial charge in [-0.05, 0) is 43.2 Å². The monoisotopic (exact) mass is 483 g/mol. The lowest BCUT2D eigenvalue weighted by molar-refractivity contribution is -0.117. The van der Waals surface area contributed by atoms with Crippen LogP contribution in [0.15, 0.2) is 58.2 Å². The SMILES string of the molecule is CNC(=O)c1nn(CC(=O)Nc2ccc(S(=O)(=O)N3CCCCC3)cc2)c(=O)c2ccccc12. The summed E-state index contributed by atoms with van der Waals surface area (Å²) in [5.41, 5.74) is -0.0814. The molecule has 3 aromatic rings. The lowest BCUT2D eigenvalue weighted by Gasteiger charge is -2.25. The first-order chi connectivity index (χ1) is 16.3. The Morgan fingerprint density at radius 2 is 1.62 bits per heavy atom. The summed E-state index contributed by atoms with van der Waals surface area (Å²) in [6, 6.07) is 12.5. The molecular weight excluding hydrogens is 458 g/mol. The number of aromatic nitrogens is 2. The van der Waals surface area contributed by atoms with E-state index in [1.807, 2.05) is 0 Å². The predicted molar refractivity (Wildman–Crippen MR) is 127 cm³/mol. The molecule has 4 rings (SSSR count). The number of nitrogens with one attached hydrogen (secondary N) is 2. The van der Waals surface area contributed by atoms with E-state index >= 15 is 0 Å². The molecule has 2 heterocycles. The van der Waals surface area contributed by atoms with E-state index in [4.69, 9.17) is 0 Å². The summed E-state index contributed by atoms with van der Waals surface area (Å²) in [4.78, 5) is 37.8. The van der Waals surface area contributed by atoms with Crippen LogP contribution in [0.4, 0.5) is 5.69 Å². The Hall–Kier alpha value is -3.57. The smallest absolute Gasteiger partial charge is 0.275 e. The molecule has 2 N–H and O–H groups in total. The van der Waals surface area contributed by atoms with Crippen molar-refractivity contribution in [2.75, 3.05) is 25.5 Å². The van der Waals surface area contributed by atoms with Gasteiger partial charge in [0, 0.05) is 31.2 Å². The van der Waals surface area contributed by atoms with Crippen LogP contribution in [0.2, 0.25) is 0 Å². The van der Waals surface area contributed by atoms with E-state index in [2.05, 4.69) is 15.7 Å². The molecule has 2 aromatic carbocycles. The number of piperidine rings is 1. The third kappa shape index (κ3) is 4.70. The number of rotatable bonds is 6. The summed E-state index contributed by atoms with van der Waals surface area (Å²) in [5, 5.41) is 9.89. The second-order valence-electron chi connectivity index (χ2n) is 7.97. The van der Waals surface area contributed by atoms with Gasteiger partial charge in [-0.2, -0.15) is 9.40 Å². The number of hydrogen-bond donors (Lipinski definition) is 2. The summed E-state index contributed by atoms with van der Waals surface area (Å²) in [7, 11) is -2.12. The Labute approximate surface area is 196 Å². The zero-order valence-electron chi connectivity index (χ0n) is 18.7. The van der Waals surface area contributed by atoms with Crippen LogP contribution in [0.1, 0.15) is 29.8 Å². The van der Waals surface area contributed by atoms with Crippen LogP contribution in [0, 0.1) is 0 Å². The highest BCUT2D eigenvalue weighted by Crippen LogP contribution is 2.22. The van der Waals surface area contributed by atoms with E-state index < -0.39 is 33.9 Å². The summed E-state index contributed by atoms with van der Waals surface area (Å²) >= 11 is 0. The van der Waals surface area contributed by atoms with Crippen molar-refractivity contribution in [3.8, 4) is 0 Å². The van der Waals surface area contributed by atoms with Crippen LogP contribution < -0.4 is 16.2 Å². The second-order valence-corrected chi connectivity index (χ2v) is 9.91. The molecule has 0 saturated carbocycles. The summed E-state index contributed by atoms with van der Waals surface area (Å²) in [6.45, 7) is 0.597. The van der Waals surface area contributed by atoms with Crippen LogP contribution in [-0.4, -0.2) is 54.5 Å². The van der Waals surface area contributed by atoms with Gasteiger partial charge in [-0.1, -0.05) is 24.6 Å². The van der Waals surface area contributed by atoms with Gasteiger partial charge in [-0.15, -0.1) is 0 Å². The number of carbonyl (C=O) groups is 2. The topological polar surface area (TPSA) is 130 Å². The Morgan fingerprint density at radius 3 is 2.26 bits per heavy atom. The fourth-order valence-corrected chi connectivity index (χ4v) is 5.45. The van der Waals surface area contributed by atoms with E-state index in [9.17, 15) is 22.8 Å². The number of fused-ring (bicyclic) bond motifs is 1. The van der Waals surface area contributed by atoms with E-state index in [1.54, 1.807) is 24.3 Å². The lowest BCUT2D eigenvalue weighted by atomic mass is 10.1. The number of nitrogens with zero attached hydrogens (tertiary/aromatic N) is 3. The van der Waals surface area contributed by atoms with E-state index in [-0.39, 0.29) is 16.0 Å². The molecule has 34 heavy (non-hydrogen) atoms. The average molecular weight is 484 g/mol. The minimum absolute atomic E-state index is 0.0396. The van der Waals surface area contributed by atoms with E-state index in [0.717, 1.165) is 23.9 Å². The van der Waals surface area contributed by atoms with Crippen molar-refractivity contribution in [1.29, 1.82) is 0 Å². The molecular formula is C23H25N5O5S. The van der Waals surface area contributed by atoms with Gasteiger partial charge in [0.05, 0.1) is 10.3 Å². The van der Waals surface area contributed by atoms with Crippen molar-refractivity contribution >= 4 is 38.3 Å².